The van der Waals surface area contributed by atoms with Gasteiger partial charge in [0.25, 0.3) is 0 Å². The monoisotopic (exact) mass is 419 g/mol. The third kappa shape index (κ3) is 4.40. The molecule has 31 heavy (non-hydrogen) atoms. The Morgan fingerprint density at radius 1 is 1.13 bits per heavy atom. The lowest BCUT2D eigenvalue weighted by Crippen LogP contribution is -2.23. The smallest absolute Gasteiger partial charge is 0.220 e. The van der Waals surface area contributed by atoms with Crippen LogP contribution in [0.1, 0.15) is 35.9 Å². The van der Waals surface area contributed by atoms with E-state index in [0.717, 1.165) is 28.3 Å². The highest BCUT2D eigenvalue weighted by Gasteiger charge is 2.16. The second-order valence-electron chi connectivity index (χ2n) is 7.20. The van der Waals surface area contributed by atoms with Crippen LogP contribution in [-0.2, 0) is 17.8 Å². The molecule has 4 rings (SSSR count). The van der Waals surface area contributed by atoms with Crippen LogP contribution in [0.4, 0.5) is 0 Å². The molecule has 3 aromatic heterocycles. The van der Waals surface area contributed by atoms with E-state index in [4.69, 9.17) is 4.74 Å². The number of hydrogen-bond donors (Lipinski definition) is 1. The summed E-state index contributed by atoms with van der Waals surface area (Å²) in [6, 6.07) is 11.4. The molecule has 160 valence electrons. The summed E-state index contributed by atoms with van der Waals surface area (Å²) in [5.41, 5.74) is 4.54. The number of rotatable bonds is 8. The van der Waals surface area contributed by atoms with Crippen molar-refractivity contribution in [3.8, 4) is 11.6 Å². The third-order valence-electron chi connectivity index (χ3n) is 5.16. The molecule has 0 unspecified atom stereocenters. The van der Waals surface area contributed by atoms with Crippen LogP contribution in [0.2, 0.25) is 0 Å². The van der Waals surface area contributed by atoms with Gasteiger partial charge in [0.2, 0.25) is 5.91 Å². The maximum atomic E-state index is 12.5. The summed E-state index contributed by atoms with van der Waals surface area (Å²) in [6.07, 6.45) is 2.53. The quantitative estimate of drug-likeness (QED) is 0.471. The second kappa shape index (κ2) is 8.95. The van der Waals surface area contributed by atoms with Gasteiger partial charge in [-0.25, -0.2) is 4.68 Å². The predicted octanol–water partition coefficient (Wildman–Crippen LogP) is 2.57. The van der Waals surface area contributed by atoms with Crippen LogP contribution in [0.3, 0.4) is 0 Å². The molecule has 3 heterocycles. The number of benzene rings is 1. The number of fused-ring (bicyclic) bond motifs is 1. The molecular formula is C22H25N7O2. The predicted molar refractivity (Wildman–Crippen MR) is 115 cm³/mol. The molecule has 0 saturated heterocycles. The average Bonchev–Trinajstić information content (AvgIpc) is 3.35. The van der Waals surface area contributed by atoms with Crippen LogP contribution in [0, 0.1) is 13.8 Å². The van der Waals surface area contributed by atoms with E-state index in [-0.39, 0.29) is 5.91 Å². The van der Waals surface area contributed by atoms with Crippen LogP contribution in [0.15, 0.2) is 42.7 Å². The van der Waals surface area contributed by atoms with Crippen LogP contribution in [0.5, 0.6) is 5.75 Å². The van der Waals surface area contributed by atoms with Crippen molar-refractivity contribution in [3.05, 3.63) is 65.2 Å². The molecule has 1 aromatic carbocycles. The Kier molecular flexibility index (Phi) is 5.92. The summed E-state index contributed by atoms with van der Waals surface area (Å²) in [5.74, 6) is 1.47. The zero-order chi connectivity index (χ0) is 21.8. The van der Waals surface area contributed by atoms with Gasteiger partial charge < -0.3 is 10.1 Å². The number of ether oxygens (including phenoxy) is 1. The molecule has 0 radical (unpaired) electrons. The highest BCUT2D eigenvalue weighted by atomic mass is 16.5. The highest BCUT2D eigenvalue weighted by Crippen LogP contribution is 2.20. The summed E-state index contributed by atoms with van der Waals surface area (Å²) in [4.78, 5) is 12.5. The molecule has 9 nitrogen and oxygen atoms in total. The Balaban J connectivity index is 1.41. The van der Waals surface area contributed by atoms with Gasteiger partial charge in [-0.05, 0) is 51.0 Å². The number of nitrogens with zero attached hydrogens (tertiary/aromatic N) is 6. The number of aryl methyl sites for hydroxylation is 1. The highest BCUT2D eigenvalue weighted by molar-refractivity contribution is 5.76. The lowest BCUT2D eigenvalue weighted by atomic mass is 10.1. The zero-order valence-electron chi connectivity index (χ0n) is 17.9. The van der Waals surface area contributed by atoms with Gasteiger partial charge in [-0.2, -0.15) is 9.61 Å². The van der Waals surface area contributed by atoms with E-state index in [9.17, 15) is 4.79 Å². The Labute approximate surface area is 180 Å². The van der Waals surface area contributed by atoms with Crippen molar-refractivity contribution in [1.29, 1.82) is 0 Å². The summed E-state index contributed by atoms with van der Waals surface area (Å²) >= 11 is 0. The fraction of sp³-hybridized carbons (Fsp3) is 0.318. The van der Waals surface area contributed by atoms with E-state index in [2.05, 4.69) is 25.7 Å². The fourth-order valence-corrected chi connectivity index (χ4v) is 3.56. The van der Waals surface area contributed by atoms with E-state index in [1.165, 1.54) is 0 Å². The molecule has 0 fully saturated rings. The summed E-state index contributed by atoms with van der Waals surface area (Å²) < 4.78 is 9.02. The lowest BCUT2D eigenvalue weighted by Gasteiger charge is -2.11. The Hall–Kier alpha value is -3.75. The first kappa shape index (κ1) is 20.5. The van der Waals surface area contributed by atoms with Gasteiger partial charge in [0, 0.05) is 24.2 Å². The van der Waals surface area contributed by atoms with Crippen molar-refractivity contribution in [2.45, 2.75) is 40.2 Å². The first-order chi connectivity index (χ1) is 15.1. The van der Waals surface area contributed by atoms with Crippen LogP contribution < -0.4 is 10.1 Å². The van der Waals surface area contributed by atoms with Crippen LogP contribution in [-0.4, -0.2) is 42.1 Å². The normalized spacial score (nSPS) is 11.1. The van der Waals surface area contributed by atoms with Crippen molar-refractivity contribution in [2.75, 3.05) is 6.61 Å². The fourth-order valence-electron chi connectivity index (χ4n) is 3.56. The van der Waals surface area contributed by atoms with Gasteiger partial charge >= 0.3 is 0 Å². The van der Waals surface area contributed by atoms with Gasteiger partial charge in [-0.15, -0.1) is 15.3 Å². The van der Waals surface area contributed by atoms with Gasteiger partial charge in [0.1, 0.15) is 12.1 Å². The largest absolute Gasteiger partial charge is 0.494 e. The van der Waals surface area contributed by atoms with Crippen LogP contribution >= 0.6 is 0 Å². The standard InChI is InChI=1S/C22H25N7O2/c1-4-31-19-8-6-5-7-17(19)13-23-22(30)12-9-18-15(2)26-29(16(18)3)21-11-10-20-25-24-14-28(20)27-21/h5-8,10-11,14H,4,9,12-13H2,1-3H3,(H,23,30). The number of nitrogens with one attached hydrogen (secondary N) is 1. The second-order valence-corrected chi connectivity index (χ2v) is 7.20. The van der Waals surface area contributed by atoms with Gasteiger partial charge in [-0.3, -0.25) is 4.79 Å². The SMILES string of the molecule is CCOc1ccccc1CNC(=O)CCc1c(C)nn(-c2ccc3nncn3n2)c1C. The molecule has 0 atom stereocenters. The first-order valence-electron chi connectivity index (χ1n) is 10.3. The number of para-hydroxylation sites is 1. The minimum absolute atomic E-state index is 0.0121. The van der Waals surface area contributed by atoms with Gasteiger partial charge in [-0.1, -0.05) is 18.2 Å². The first-order valence-corrected chi connectivity index (χ1v) is 10.3. The van der Waals surface area contributed by atoms with E-state index in [1.54, 1.807) is 15.5 Å². The molecule has 0 spiro atoms. The summed E-state index contributed by atoms with van der Waals surface area (Å²) in [7, 11) is 0. The maximum absolute atomic E-state index is 12.5. The Morgan fingerprint density at radius 3 is 2.81 bits per heavy atom. The molecule has 0 aliphatic rings. The molecule has 4 aromatic rings. The van der Waals surface area contributed by atoms with E-state index in [0.29, 0.717) is 37.5 Å². The molecule has 1 amide bonds. The third-order valence-corrected chi connectivity index (χ3v) is 5.16. The molecule has 0 aliphatic carbocycles. The maximum Gasteiger partial charge on any atom is 0.220 e. The van der Waals surface area contributed by atoms with Crippen LogP contribution in [0.25, 0.3) is 11.5 Å². The molecular weight excluding hydrogens is 394 g/mol. The van der Waals surface area contributed by atoms with Crippen molar-refractivity contribution >= 4 is 11.6 Å². The Bertz CT molecular complexity index is 1210. The summed E-state index contributed by atoms with van der Waals surface area (Å²) in [6.45, 7) is 6.91. The average molecular weight is 419 g/mol. The van der Waals surface area contributed by atoms with Crippen molar-refractivity contribution < 1.29 is 9.53 Å². The number of hydrogen-bond acceptors (Lipinski definition) is 6. The van der Waals surface area contributed by atoms with Crippen molar-refractivity contribution in [2.24, 2.45) is 0 Å². The van der Waals surface area contributed by atoms with E-state index >= 15 is 0 Å². The summed E-state index contributed by atoms with van der Waals surface area (Å²) in [5, 5.41) is 19.9. The minimum Gasteiger partial charge on any atom is -0.494 e. The Morgan fingerprint density at radius 2 is 1.97 bits per heavy atom. The van der Waals surface area contributed by atoms with Gasteiger partial charge in [0.15, 0.2) is 11.5 Å². The zero-order valence-corrected chi connectivity index (χ0v) is 17.9. The number of carbonyl (C=O) groups is 1. The van der Waals surface area contributed by atoms with Gasteiger partial charge in [0.05, 0.1) is 12.3 Å². The van der Waals surface area contributed by atoms with E-state index < -0.39 is 0 Å². The molecule has 9 heteroatoms. The number of carbonyl (C=O) groups excluding carboxylic acids is 1. The minimum atomic E-state index is -0.0121. The molecule has 1 N–H and O–H groups in total. The lowest BCUT2D eigenvalue weighted by molar-refractivity contribution is -0.121. The molecule has 0 aliphatic heterocycles. The van der Waals surface area contributed by atoms with E-state index in [1.807, 2.05) is 57.2 Å². The van der Waals surface area contributed by atoms with Crippen molar-refractivity contribution in [1.82, 2.24) is 34.9 Å². The molecule has 0 saturated carbocycles. The molecule has 0 bridgehead atoms. The van der Waals surface area contributed by atoms with Crippen molar-refractivity contribution in [3.63, 3.8) is 0 Å². The number of amides is 1. The topological polar surface area (TPSA) is 99.2 Å². The number of aromatic nitrogens is 6.